The molecule has 0 spiro atoms. The number of hydrogen-bond acceptors (Lipinski definition) is 4. The van der Waals surface area contributed by atoms with Gasteiger partial charge in [0.15, 0.2) is 17.3 Å². The molecule has 0 unspecified atom stereocenters. The maximum Gasteiger partial charge on any atom is 0.303 e. The van der Waals surface area contributed by atoms with Gasteiger partial charge in [-0.2, -0.15) is 0 Å². The topological polar surface area (TPSA) is 96.6 Å². The number of aliphatic hydroxyl groups excluding tert-OH is 1. The van der Waals surface area contributed by atoms with E-state index >= 15 is 0 Å². The zero-order valence-electron chi connectivity index (χ0n) is 14.5. The third-order valence-corrected chi connectivity index (χ3v) is 4.62. The summed E-state index contributed by atoms with van der Waals surface area (Å²) < 4.78 is 1.72. The first kappa shape index (κ1) is 17.7. The summed E-state index contributed by atoms with van der Waals surface area (Å²) in [5.74, 6) is -2.70. The molecule has 3 rings (SSSR count). The fourth-order valence-corrected chi connectivity index (χ4v) is 3.31. The number of nitrogens with zero attached hydrogens (tertiary/aromatic N) is 1. The monoisotopic (exact) mass is 353 g/mol. The predicted octanol–water partition coefficient (Wildman–Crippen LogP) is 3.18. The van der Waals surface area contributed by atoms with Crippen LogP contribution in [-0.2, 0) is 19.9 Å². The first-order valence-corrected chi connectivity index (χ1v) is 8.26. The van der Waals surface area contributed by atoms with Crippen LogP contribution in [0.15, 0.2) is 48.0 Å². The molecule has 1 aliphatic rings. The average Bonchev–Trinajstić information content (AvgIpc) is 3.06. The second kappa shape index (κ2) is 6.29. The number of aliphatic carboxylic acids is 1. The normalized spacial score (nSPS) is 15.7. The smallest absolute Gasteiger partial charge is 0.303 e. The van der Waals surface area contributed by atoms with Gasteiger partial charge in [-0.05, 0) is 31.5 Å². The van der Waals surface area contributed by atoms with Gasteiger partial charge in [-0.3, -0.25) is 14.4 Å². The van der Waals surface area contributed by atoms with Crippen LogP contribution in [0.4, 0.5) is 0 Å². The van der Waals surface area contributed by atoms with Gasteiger partial charge in [0, 0.05) is 12.1 Å². The Bertz CT molecular complexity index is 934. The molecule has 0 amide bonds. The number of aromatic nitrogens is 1. The zero-order chi connectivity index (χ0) is 19.1. The number of carbonyl (C=O) groups is 3. The number of carboxylic acid groups (broad SMARTS) is 1. The van der Waals surface area contributed by atoms with Crippen molar-refractivity contribution in [3.8, 4) is 11.3 Å². The van der Waals surface area contributed by atoms with E-state index in [0.29, 0.717) is 5.69 Å². The largest absolute Gasteiger partial charge is 0.505 e. The van der Waals surface area contributed by atoms with Crippen molar-refractivity contribution in [2.75, 3.05) is 0 Å². The summed E-state index contributed by atoms with van der Waals surface area (Å²) in [6.07, 6.45) is -0.720. The number of aliphatic hydroxyl groups is 1. The van der Waals surface area contributed by atoms with Gasteiger partial charge in [0.1, 0.15) is 11.1 Å². The van der Waals surface area contributed by atoms with E-state index in [4.69, 9.17) is 5.11 Å². The molecule has 2 aromatic rings. The molecular weight excluding hydrogens is 334 g/mol. The van der Waals surface area contributed by atoms with Crippen molar-refractivity contribution >= 4 is 23.3 Å². The predicted molar refractivity (Wildman–Crippen MR) is 95.6 cm³/mol. The molecule has 1 aliphatic heterocycles. The van der Waals surface area contributed by atoms with Crippen LogP contribution < -0.4 is 0 Å². The number of hydrogen-bond donors (Lipinski definition) is 2. The number of allylic oxidation sites excluding steroid dienone is 1. The quantitative estimate of drug-likeness (QED) is 0.805. The van der Waals surface area contributed by atoms with E-state index in [-0.39, 0.29) is 18.4 Å². The highest BCUT2D eigenvalue weighted by Gasteiger charge is 2.43. The lowest BCUT2D eigenvalue weighted by atomic mass is 9.84. The maximum atomic E-state index is 13.0. The fourth-order valence-electron chi connectivity index (χ4n) is 3.31. The van der Waals surface area contributed by atoms with Crippen molar-refractivity contribution in [1.29, 1.82) is 0 Å². The Hall–Kier alpha value is -3.15. The number of ketones is 2. The van der Waals surface area contributed by atoms with Crippen molar-refractivity contribution in [3.05, 3.63) is 53.7 Å². The molecule has 6 nitrogen and oxygen atoms in total. The summed E-state index contributed by atoms with van der Waals surface area (Å²) in [4.78, 5) is 36.1. The van der Waals surface area contributed by atoms with Gasteiger partial charge in [0.2, 0.25) is 0 Å². The van der Waals surface area contributed by atoms with Gasteiger partial charge in [-0.25, -0.2) is 0 Å². The minimum absolute atomic E-state index is 0.318. The summed E-state index contributed by atoms with van der Waals surface area (Å²) >= 11 is 0. The average molecular weight is 353 g/mol. The molecule has 0 fully saturated rings. The Balaban J connectivity index is 2.14. The maximum absolute atomic E-state index is 13.0. The molecule has 0 saturated carbocycles. The van der Waals surface area contributed by atoms with Crippen molar-refractivity contribution in [3.63, 3.8) is 0 Å². The van der Waals surface area contributed by atoms with Gasteiger partial charge < -0.3 is 14.8 Å². The van der Waals surface area contributed by atoms with E-state index < -0.39 is 28.8 Å². The molecule has 2 heterocycles. The molecule has 0 atom stereocenters. The third-order valence-electron chi connectivity index (χ3n) is 4.62. The van der Waals surface area contributed by atoms with Crippen LogP contribution in [0.1, 0.15) is 32.4 Å². The first-order valence-electron chi connectivity index (χ1n) is 8.26. The molecule has 0 bridgehead atoms. The highest BCUT2D eigenvalue weighted by Crippen LogP contribution is 2.39. The number of carbonyl (C=O) groups excluding carboxylic acids is 2. The minimum atomic E-state index is -1.13. The summed E-state index contributed by atoms with van der Waals surface area (Å²) in [6, 6.07) is 12.9. The molecule has 0 aliphatic carbocycles. The lowest BCUT2D eigenvalue weighted by Gasteiger charge is -2.34. The Labute approximate surface area is 150 Å². The molecule has 0 radical (unpaired) electrons. The highest BCUT2D eigenvalue weighted by molar-refractivity contribution is 6.27. The van der Waals surface area contributed by atoms with Crippen molar-refractivity contribution in [1.82, 2.24) is 4.57 Å². The number of carboxylic acids is 1. The lowest BCUT2D eigenvalue weighted by molar-refractivity contribution is -0.138. The molecular formula is C20H19NO5. The number of Topliss-reactive ketones (excluding diaryl/α,β-unsaturated/α-hetero) is 2. The van der Waals surface area contributed by atoms with Crippen LogP contribution in [0.5, 0.6) is 0 Å². The van der Waals surface area contributed by atoms with Gasteiger partial charge in [0.05, 0.1) is 12.1 Å². The van der Waals surface area contributed by atoms with Crippen molar-refractivity contribution in [2.45, 2.75) is 32.2 Å². The summed E-state index contributed by atoms with van der Waals surface area (Å²) in [6.45, 7) is 3.37. The summed E-state index contributed by atoms with van der Waals surface area (Å²) in [7, 11) is 0. The van der Waals surface area contributed by atoms with Gasteiger partial charge in [0.25, 0.3) is 0 Å². The van der Waals surface area contributed by atoms with Crippen LogP contribution in [-0.4, -0.2) is 32.3 Å². The fraction of sp³-hybridized carbons (Fsp3) is 0.250. The van der Waals surface area contributed by atoms with E-state index in [1.807, 2.05) is 30.3 Å². The standard InChI is InChI=1S/C20H19NO5/c1-20(2)19(26)17(15(22)10-11-16(23)24)18(25)14-9-8-13(21(14)20)12-6-4-3-5-7-12/h3-9,25H,10-11H2,1-2H3,(H,23,24). The Morgan fingerprint density at radius 2 is 1.62 bits per heavy atom. The number of benzene rings is 1. The van der Waals surface area contributed by atoms with Crippen LogP contribution >= 0.6 is 0 Å². The Morgan fingerprint density at radius 3 is 2.23 bits per heavy atom. The molecule has 134 valence electrons. The molecule has 26 heavy (non-hydrogen) atoms. The van der Waals surface area contributed by atoms with E-state index in [2.05, 4.69) is 0 Å². The summed E-state index contributed by atoms with van der Waals surface area (Å²) in [5, 5.41) is 19.4. The molecule has 1 aromatic carbocycles. The van der Waals surface area contributed by atoms with Gasteiger partial charge in [-0.15, -0.1) is 0 Å². The molecule has 2 N–H and O–H groups in total. The highest BCUT2D eigenvalue weighted by atomic mass is 16.4. The number of fused-ring (bicyclic) bond motifs is 1. The lowest BCUT2D eigenvalue weighted by Crippen LogP contribution is -2.43. The SMILES string of the molecule is CC1(C)C(=O)C(C(=O)CCC(=O)O)=C(O)c2ccc(-c3ccccc3)n21. The zero-order valence-corrected chi connectivity index (χ0v) is 14.5. The van der Waals surface area contributed by atoms with Crippen LogP contribution in [0.25, 0.3) is 17.0 Å². The third kappa shape index (κ3) is 2.73. The molecule has 6 heteroatoms. The van der Waals surface area contributed by atoms with Gasteiger partial charge in [-0.1, -0.05) is 30.3 Å². The van der Waals surface area contributed by atoms with Crippen LogP contribution in [0.2, 0.25) is 0 Å². The van der Waals surface area contributed by atoms with Crippen LogP contribution in [0.3, 0.4) is 0 Å². The molecule has 1 aromatic heterocycles. The van der Waals surface area contributed by atoms with E-state index in [9.17, 15) is 19.5 Å². The van der Waals surface area contributed by atoms with Crippen molar-refractivity contribution in [2.24, 2.45) is 0 Å². The Kier molecular flexibility index (Phi) is 4.28. The van der Waals surface area contributed by atoms with E-state index in [0.717, 1.165) is 11.3 Å². The molecule has 0 saturated heterocycles. The second-order valence-electron chi connectivity index (χ2n) is 6.73. The summed E-state index contributed by atoms with van der Waals surface area (Å²) in [5.41, 5.74) is 0.592. The van der Waals surface area contributed by atoms with Crippen LogP contribution in [0, 0.1) is 0 Å². The Morgan fingerprint density at radius 1 is 1.00 bits per heavy atom. The minimum Gasteiger partial charge on any atom is -0.505 e. The number of rotatable bonds is 5. The second-order valence-corrected chi connectivity index (χ2v) is 6.73. The van der Waals surface area contributed by atoms with E-state index in [1.54, 1.807) is 30.5 Å². The van der Waals surface area contributed by atoms with Gasteiger partial charge >= 0.3 is 5.97 Å². The van der Waals surface area contributed by atoms with Crippen molar-refractivity contribution < 1.29 is 24.6 Å². The first-order chi connectivity index (χ1) is 12.2. The van der Waals surface area contributed by atoms with E-state index in [1.165, 1.54) is 0 Å².